The lowest BCUT2D eigenvalue weighted by molar-refractivity contribution is 0.203. The smallest absolute Gasteiger partial charge is 0.266 e. The molecule has 96 valence electrons. The summed E-state index contributed by atoms with van der Waals surface area (Å²) in [6, 6.07) is 0.327. The van der Waals surface area contributed by atoms with Gasteiger partial charge >= 0.3 is 0 Å². The van der Waals surface area contributed by atoms with Crippen molar-refractivity contribution < 1.29 is 4.74 Å². The van der Waals surface area contributed by atoms with Gasteiger partial charge in [-0.15, -0.1) is 0 Å². The monoisotopic (exact) mass is 351 g/mol. The fourth-order valence-electron chi connectivity index (χ4n) is 1.52. The Hall–Kier alpha value is -0.630. The second-order valence-corrected chi connectivity index (χ2v) is 4.89. The summed E-state index contributed by atoms with van der Waals surface area (Å²) in [5, 5.41) is 0. The van der Waals surface area contributed by atoms with E-state index in [0.29, 0.717) is 16.2 Å². The second kappa shape index (κ2) is 6.95. The highest BCUT2D eigenvalue weighted by molar-refractivity contribution is 14.1. The van der Waals surface area contributed by atoms with Crippen molar-refractivity contribution in [1.29, 1.82) is 0 Å². The Kier molecular flexibility index (Phi) is 5.90. The van der Waals surface area contributed by atoms with E-state index in [1.165, 1.54) is 6.33 Å². The molecule has 0 aromatic carbocycles. The third-order valence-electron chi connectivity index (χ3n) is 2.71. The maximum atomic E-state index is 11.6. The lowest BCUT2D eigenvalue weighted by Gasteiger charge is -2.29. The Balaban J connectivity index is 3.03. The minimum Gasteiger partial charge on any atom is -0.383 e. The Morgan fingerprint density at radius 1 is 1.65 bits per heavy atom. The van der Waals surface area contributed by atoms with E-state index in [1.54, 1.807) is 7.11 Å². The summed E-state index contributed by atoms with van der Waals surface area (Å²) in [6.45, 7) is 5.59. The number of aromatic amines is 1. The van der Waals surface area contributed by atoms with Crippen LogP contribution in [0.15, 0.2) is 11.1 Å². The Bertz CT molecular complexity index is 408. The predicted octanol–water partition coefficient (Wildman–Crippen LogP) is 1.63. The van der Waals surface area contributed by atoms with E-state index in [0.717, 1.165) is 18.8 Å². The van der Waals surface area contributed by atoms with Crippen molar-refractivity contribution >= 4 is 28.4 Å². The first-order valence-corrected chi connectivity index (χ1v) is 6.68. The number of aromatic nitrogens is 2. The van der Waals surface area contributed by atoms with Crippen LogP contribution >= 0.6 is 22.6 Å². The standard InChI is InChI=1S/C11H18IN3O2/c1-4-8(2)15(5-6-17-3)10-9(12)11(16)14-7-13-10/h7-8H,4-6H2,1-3H3,(H,13,14,16). The van der Waals surface area contributed by atoms with E-state index in [-0.39, 0.29) is 5.56 Å². The van der Waals surface area contributed by atoms with Crippen molar-refractivity contribution in [2.24, 2.45) is 0 Å². The minimum atomic E-state index is -0.0960. The normalized spacial score (nSPS) is 12.5. The number of hydrogen-bond donors (Lipinski definition) is 1. The molecular formula is C11H18IN3O2. The average Bonchev–Trinajstić information content (AvgIpc) is 2.34. The summed E-state index contributed by atoms with van der Waals surface area (Å²) in [5.41, 5.74) is -0.0960. The van der Waals surface area contributed by atoms with Gasteiger partial charge in [0.15, 0.2) is 0 Å². The Labute approximate surface area is 115 Å². The zero-order valence-corrected chi connectivity index (χ0v) is 12.5. The second-order valence-electron chi connectivity index (χ2n) is 3.81. The number of nitrogens with zero attached hydrogens (tertiary/aromatic N) is 2. The van der Waals surface area contributed by atoms with Crippen LogP contribution in [-0.2, 0) is 4.74 Å². The molecule has 0 fully saturated rings. The molecule has 0 radical (unpaired) electrons. The van der Waals surface area contributed by atoms with Crippen LogP contribution in [0.4, 0.5) is 5.82 Å². The van der Waals surface area contributed by atoms with E-state index < -0.39 is 0 Å². The van der Waals surface area contributed by atoms with Gasteiger partial charge in [-0.2, -0.15) is 0 Å². The molecule has 0 aliphatic carbocycles. The van der Waals surface area contributed by atoms with E-state index in [4.69, 9.17) is 4.74 Å². The van der Waals surface area contributed by atoms with Gasteiger partial charge in [-0.05, 0) is 35.9 Å². The Morgan fingerprint density at radius 3 is 2.94 bits per heavy atom. The van der Waals surface area contributed by atoms with Crippen molar-refractivity contribution in [1.82, 2.24) is 9.97 Å². The highest BCUT2D eigenvalue weighted by atomic mass is 127. The first-order chi connectivity index (χ1) is 8.11. The summed E-state index contributed by atoms with van der Waals surface area (Å²) in [6.07, 6.45) is 2.44. The van der Waals surface area contributed by atoms with Gasteiger partial charge in [0.1, 0.15) is 9.39 Å². The quantitative estimate of drug-likeness (QED) is 0.792. The molecule has 0 saturated heterocycles. The van der Waals surface area contributed by atoms with Crippen LogP contribution in [0.3, 0.4) is 0 Å². The minimum absolute atomic E-state index is 0.0960. The van der Waals surface area contributed by atoms with Crippen molar-refractivity contribution in [3.05, 3.63) is 20.3 Å². The highest BCUT2D eigenvalue weighted by Crippen LogP contribution is 2.19. The van der Waals surface area contributed by atoms with Gasteiger partial charge in [0.05, 0.1) is 12.9 Å². The van der Waals surface area contributed by atoms with Gasteiger partial charge < -0.3 is 14.6 Å². The maximum absolute atomic E-state index is 11.6. The molecule has 0 aliphatic rings. The summed E-state index contributed by atoms with van der Waals surface area (Å²) < 4.78 is 5.73. The molecule has 0 aliphatic heterocycles. The molecule has 1 heterocycles. The van der Waals surface area contributed by atoms with Crippen LogP contribution in [0.1, 0.15) is 20.3 Å². The molecule has 0 amide bonds. The van der Waals surface area contributed by atoms with Crippen LogP contribution in [0.2, 0.25) is 0 Å². The van der Waals surface area contributed by atoms with Crippen molar-refractivity contribution in [2.75, 3.05) is 25.2 Å². The molecule has 1 aromatic rings. The van der Waals surface area contributed by atoms with E-state index >= 15 is 0 Å². The molecule has 1 rings (SSSR count). The topological polar surface area (TPSA) is 58.2 Å². The summed E-state index contributed by atoms with van der Waals surface area (Å²) >= 11 is 2.03. The van der Waals surface area contributed by atoms with Crippen LogP contribution in [-0.4, -0.2) is 36.3 Å². The molecule has 0 saturated carbocycles. The lowest BCUT2D eigenvalue weighted by Crippen LogP contribution is -2.37. The molecule has 5 nitrogen and oxygen atoms in total. The lowest BCUT2D eigenvalue weighted by atomic mass is 10.2. The molecule has 1 N–H and O–H groups in total. The summed E-state index contributed by atoms with van der Waals surface area (Å²) in [5.74, 6) is 0.737. The van der Waals surface area contributed by atoms with Crippen molar-refractivity contribution in [2.45, 2.75) is 26.3 Å². The van der Waals surface area contributed by atoms with Crippen molar-refractivity contribution in [3.8, 4) is 0 Å². The zero-order chi connectivity index (χ0) is 12.8. The van der Waals surface area contributed by atoms with Gasteiger partial charge in [-0.1, -0.05) is 6.92 Å². The third kappa shape index (κ3) is 3.67. The number of rotatable bonds is 6. The van der Waals surface area contributed by atoms with Crippen molar-refractivity contribution in [3.63, 3.8) is 0 Å². The molecule has 17 heavy (non-hydrogen) atoms. The molecule has 0 bridgehead atoms. The maximum Gasteiger partial charge on any atom is 0.266 e. The molecule has 1 unspecified atom stereocenters. The molecule has 1 aromatic heterocycles. The van der Waals surface area contributed by atoms with Crippen LogP contribution < -0.4 is 10.5 Å². The van der Waals surface area contributed by atoms with Gasteiger partial charge in [-0.25, -0.2) is 4.98 Å². The summed E-state index contributed by atoms with van der Waals surface area (Å²) in [7, 11) is 1.67. The third-order valence-corrected chi connectivity index (χ3v) is 3.68. The van der Waals surface area contributed by atoms with E-state index in [2.05, 4.69) is 28.7 Å². The number of nitrogens with one attached hydrogen (secondary N) is 1. The van der Waals surface area contributed by atoms with Gasteiger partial charge in [-0.3, -0.25) is 4.79 Å². The van der Waals surface area contributed by atoms with Gasteiger partial charge in [0, 0.05) is 19.7 Å². The average molecular weight is 351 g/mol. The molecule has 6 heteroatoms. The van der Waals surface area contributed by atoms with E-state index in [1.807, 2.05) is 22.6 Å². The van der Waals surface area contributed by atoms with Crippen LogP contribution in [0, 0.1) is 3.57 Å². The predicted molar refractivity (Wildman–Crippen MR) is 76.5 cm³/mol. The fraction of sp³-hybridized carbons (Fsp3) is 0.636. The Morgan fingerprint density at radius 2 is 2.35 bits per heavy atom. The largest absolute Gasteiger partial charge is 0.383 e. The SMILES string of the molecule is CCC(C)N(CCOC)c1nc[nH]c(=O)c1I. The van der Waals surface area contributed by atoms with E-state index in [9.17, 15) is 4.79 Å². The molecule has 0 spiro atoms. The van der Waals surface area contributed by atoms with Crippen LogP contribution in [0.5, 0.6) is 0 Å². The summed E-state index contributed by atoms with van der Waals surface area (Å²) in [4.78, 5) is 20.5. The van der Waals surface area contributed by atoms with Crippen LogP contribution in [0.25, 0.3) is 0 Å². The first-order valence-electron chi connectivity index (χ1n) is 5.60. The van der Waals surface area contributed by atoms with Gasteiger partial charge in [0.25, 0.3) is 5.56 Å². The number of methoxy groups -OCH3 is 1. The highest BCUT2D eigenvalue weighted by Gasteiger charge is 2.18. The molecule has 1 atom stereocenters. The number of ether oxygens (including phenoxy) is 1. The first kappa shape index (κ1) is 14.4. The number of H-pyrrole nitrogens is 1. The van der Waals surface area contributed by atoms with Gasteiger partial charge in [0.2, 0.25) is 0 Å². The molecular weight excluding hydrogens is 333 g/mol. The zero-order valence-electron chi connectivity index (χ0n) is 10.4. The number of halogens is 1. The number of hydrogen-bond acceptors (Lipinski definition) is 4. The number of anilines is 1. The fourth-order valence-corrected chi connectivity index (χ4v) is 2.12.